The first kappa shape index (κ1) is 15.7. The van der Waals surface area contributed by atoms with Gasteiger partial charge in [0.1, 0.15) is 5.82 Å². The Morgan fingerprint density at radius 3 is 2.41 bits per heavy atom. The summed E-state index contributed by atoms with van der Waals surface area (Å²) in [6, 6.07) is 12.2. The molecule has 2 N–H and O–H groups in total. The van der Waals surface area contributed by atoms with E-state index in [0.29, 0.717) is 23.4 Å². The Labute approximate surface area is 128 Å². The molecule has 22 heavy (non-hydrogen) atoms. The molecule has 0 bridgehead atoms. The number of carbonyl (C=O) groups is 2. The van der Waals surface area contributed by atoms with Crippen molar-refractivity contribution >= 4 is 23.2 Å². The first-order chi connectivity index (χ1) is 10.6. The summed E-state index contributed by atoms with van der Waals surface area (Å²) in [6.07, 6.45) is 1.20. The second-order valence-electron chi connectivity index (χ2n) is 4.84. The van der Waals surface area contributed by atoms with Crippen molar-refractivity contribution in [2.45, 2.75) is 19.8 Å². The van der Waals surface area contributed by atoms with Gasteiger partial charge in [-0.25, -0.2) is 4.39 Å². The normalized spacial score (nSPS) is 10.1. The molecular formula is C17H17FN2O2. The molecule has 0 aliphatic carbocycles. The number of nitrogens with one attached hydrogen (secondary N) is 2. The lowest BCUT2D eigenvalue weighted by molar-refractivity contribution is -0.116. The zero-order valence-corrected chi connectivity index (χ0v) is 12.2. The third-order valence-corrected chi connectivity index (χ3v) is 2.99. The highest BCUT2D eigenvalue weighted by Crippen LogP contribution is 2.14. The van der Waals surface area contributed by atoms with E-state index >= 15 is 0 Å². The van der Waals surface area contributed by atoms with Crippen molar-refractivity contribution in [1.29, 1.82) is 0 Å². The average molecular weight is 300 g/mol. The largest absolute Gasteiger partial charge is 0.326 e. The second-order valence-corrected chi connectivity index (χ2v) is 4.84. The van der Waals surface area contributed by atoms with Crippen molar-refractivity contribution in [3.63, 3.8) is 0 Å². The van der Waals surface area contributed by atoms with Crippen LogP contribution in [-0.2, 0) is 4.79 Å². The van der Waals surface area contributed by atoms with Crippen molar-refractivity contribution < 1.29 is 14.0 Å². The van der Waals surface area contributed by atoms with Gasteiger partial charge < -0.3 is 10.6 Å². The molecule has 0 fully saturated rings. The molecule has 0 radical (unpaired) electrons. The molecule has 0 aliphatic heterocycles. The number of hydrogen-bond acceptors (Lipinski definition) is 2. The predicted octanol–water partition coefficient (Wildman–Crippen LogP) is 3.82. The van der Waals surface area contributed by atoms with Crippen molar-refractivity contribution in [1.82, 2.24) is 0 Å². The van der Waals surface area contributed by atoms with Crippen LogP contribution in [0.5, 0.6) is 0 Å². The predicted molar refractivity (Wildman–Crippen MR) is 84.3 cm³/mol. The van der Waals surface area contributed by atoms with Crippen molar-refractivity contribution in [3.05, 3.63) is 59.9 Å². The summed E-state index contributed by atoms with van der Waals surface area (Å²) in [5.74, 6) is -0.768. The van der Waals surface area contributed by atoms with E-state index in [1.165, 1.54) is 24.3 Å². The highest BCUT2D eigenvalue weighted by Gasteiger charge is 2.08. The summed E-state index contributed by atoms with van der Waals surface area (Å²) < 4.78 is 12.8. The van der Waals surface area contributed by atoms with E-state index in [-0.39, 0.29) is 17.6 Å². The van der Waals surface area contributed by atoms with Gasteiger partial charge in [-0.3, -0.25) is 9.59 Å². The van der Waals surface area contributed by atoms with Crippen LogP contribution in [0, 0.1) is 5.82 Å². The van der Waals surface area contributed by atoms with Crippen LogP contribution in [0.1, 0.15) is 30.1 Å². The topological polar surface area (TPSA) is 58.2 Å². The Balaban J connectivity index is 2.06. The lowest BCUT2D eigenvalue weighted by Gasteiger charge is -2.08. The SMILES string of the molecule is CCCC(=O)Nc1cccc(C(=O)Nc2ccc(F)cc2)c1. The number of rotatable bonds is 5. The number of benzene rings is 2. The monoisotopic (exact) mass is 300 g/mol. The number of anilines is 2. The van der Waals surface area contributed by atoms with Crippen LogP contribution in [0.15, 0.2) is 48.5 Å². The summed E-state index contributed by atoms with van der Waals surface area (Å²) in [7, 11) is 0. The number of carbonyl (C=O) groups excluding carboxylic acids is 2. The van der Waals surface area contributed by atoms with E-state index in [1.54, 1.807) is 24.3 Å². The maximum atomic E-state index is 12.8. The van der Waals surface area contributed by atoms with Gasteiger partial charge in [-0.15, -0.1) is 0 Å². The van der Waals surface area contributed by atoms with Gasteiger partial charge in [0.25, 0.3) is 5.91 Å². The van der Waals surface area contributed by atoms with Crippen LogP contribution in [0.3, 0.4) is 0 Å². The maximum Gasteiger partial charge on any atom is 0.255 e. The van der Waals surface area contributed by atoms with Gasteiger partial charge in [0, 0.05) is 23.4 Å². The number of hydrogen-bond donors (Lipinski definition) is 2. The summed E-state index contributed by atoms with van der Waals surface area (Å²) in [5, 5.41) is 5.41. The smallest absolute Gasteiger partial charge is 0.255 e. The number of halogens is 1. The Kier molecular flexibility index (Phi) is 5.25. The van der Waals surface area contributed by atoms with E-state index in [4.69, 9.17) is 0 Å². The highest BCUT2D eigenvalue weighted by atomic mass is 19.1. The second kappa shape index (κ2) is 7.36. The summed E-state index contributed by atoms with van der Waals surface area (Å²) in [4.78, 5) is 23.7. The van der Waals surface area contributed by atoms with E-state index in [9.17, 15) is 14.0 Å². The van der Waals surface area contributed by atoms with E-state index in [0.717, 1.165) is 6.42 Å². The molecule has 2 rings (SSSR count). The first-order valence-electron chi connectivity index (χ1n) is 7.05. The van der Waals surface area contributed by atoms with Crippen molar-refractivity contribution in [2.24, 2.45) is 0 Å². The fourth-order valence-corrected chi connectivity index (χ4v) is 1.93. The summed E-state index contributed by atoms with van der Waals surface area (Å²) >= 11 is 0. The van der Waals surface area contributed by atoms with Gasteiger partial charge in [0.15, 0.2) is 0 Å². The van der Waals surface area contributed by atoms with E-state index < -0.39 is 0 Å². The highest BCUT2D eigenvalue weighted by molar-refractivity contribution is 6.05. The molecule has 0 heterocycles. The van der Waals surface area contributed by atoms with Crippen LogP contribution in [0.25, 0.3) is 0 Å². The lowest BCUT2D eigenvalue weighted by atomic mass is 10.1. The minimum absolute atomic E-state index is 0.0846. The molecule has 2 aromatic rings. The zero-order chi connectivity index (χ0) is 15.9. The standard InChI is InChI=1S/C17H17FN2O2/c1-2-4-16(21)19-15-6-3-5-12(11-15)17(22)20-14-9-7-13(18)8-10-14/h3,5-11H,2,4H2,1H3,(H,19,21)(H,20,22). The van der Waals surface area contributed by atoms with Gasteiger partial charge in [0.2, 0.25) is 5.91 Å². The third-order valence-electron chi connectivity index (χ3n) is 2.99. The van der Waals surface area contributed by atoms with Crippen molar-refractivity contribution in [2.75, 3.05) is 10.6 Å². The van der Waals surface area contributed by atoms with E-state index in [1.807, 2.05) is 6.92 Å². The Hall–Kier alpha value is -2.69. The van der Waals surface area contributed by atoms with Gasteiger partial charge in [-0.2, -0.15) is 0 Å². The molecule has 0 atom stereocenters. The van der Waals surface area contributed by atoms with Crippen LogP contribution >= 0.6 is 0 Å². The molecule has 114 valence electrons. The fraction of sp³-hybridized carbons (Fsp3) is 0.176. The van der Waals surface area contributed by atoms with Crippen LogP contribution < -0.4 is 10.6 Å². The maximum absolute atomic E-state index is 12.8. The first-order valence-corrected chi connectivity index (χ1v) is 7.05. The van der Waals surface area contributed by atoms with Gasteiger partial charge in [-0.05, 0) is 48.9 Å². The summed E-state index contributed by atoms with van der Waals surface area (Å²) in [6.45, 7) is 1.92. The molecule has 0 spiro atoms. The Morgan fingerprint density at radius 2 is 1.73 bits per heavy atom. The van der Waals surface area contributed by atoms with Crippen LogP contribution in [0.2, 0.25) is 0 Å². The van der Waals surface area contributed by atoms with Gasteiger partial charge in [0.05, 0.1) is 0 Å². The molecule has 2 aromatic carbocycles. The lowest BCUT2D eigenvalue weighted by Crippen LogP contribution is -2.14. The Morgan fingerprint density at radius 1 is 1.00 bits per heavy atom. The van der Waals surface area contributed by atoms with Crippen LogP contribution in [-0.4, -0.2) is 11.8 Å². The molecule has 0 aromatic heterocycles. The molecular weight excluding hydrogens is 283 g/mol. The van der Waals surface area contributed by atoms with Crippen molar-refractivity contribution in [3.8, 4) is 0 Å². The molecule has 0 saturated heterocycles. The Bertz CT molecular complexity index is 669. The fourth-order valence-electron chi connectivity index (χ4n) is 1.93. The van der Waals surface area contributed by atoms with Crippen LogP contribution in [0.4, 0.5) is 15.8 Å². The molecule has 0 saturated carbocycles. The summed E-state index contributed by atoms with van der Waals surface area (Å²) in [5.41, 5.74) is 1.50. The zero-order valence-electron chi connectivity index (χ0n) is 12.2. The molecule has 4 nitrogen and oxygen atoms in total. The minimum Gasteiger partial charge on any atom is -0.326 e. The quantitative estimate of drug-likeness (QED) is 0.882. The molecule has 5 heteroatoms. The number of amides is 2. The minimum atomic E-state index is -0.362. The van der Waals surface area contributed by atoms with E-state index in [2.05, 4.69) is 10.6 Å². The molecule has 0 unspecified atom stereocenters. The van der Waals surface area contributed by atoms with Gasteiger partial charge in [-0.1, -0.05) is 13.0 Å². The third kappa shape index (κ3) is 4.41. The average Bonchev–Trinajstić information content (AvgIpc) is 2.50. The molecule has 2 amide bonds. The molecule has 0 aliphatic rings. The van der Waals surface area contributed by atoms with Gasteiger partial charge >= 0.3 is 0 Å².